The highest BCUT2D eigenvalue weighted by Crippen LogP contribution is 2.37. The average Bonchev–Trinajstić information content (AvgIpc) is 2.81. The van der Waals surface area contributed by atoms with Crippen molar-refractivity contribution in [1.82, 2.24) is 15.5 Å². The summed E-state index contributed by atoms with van der Waals surface area (Å²) in [5.41, 5.74) is 0.145. The largest absolute Gasteiger partial charge is 0.507 e. The van der Waals surface area contributed by atoms with E-state index in [0.717, 1.165) is 25.7 Å². The first kappa shape index (κ1) is 32.5. The van der Waals surface area contributed by atoms with Gasteiger partial charge < -0.3 is 25.4 Å². The first-order valence-corrected chi connectivity index (χ1v) is 14.2. The van der Waals surface area contributed by atoms with Crippen LogP contribution in [0.2, 0.25) is 0 Å². The molecule has 0 saturated heterocycles. The second kappa shape index (κ2) is 13.1. The lowest BCUT2D eigenvalue weighted by Crippen LogP contribution is -2.55. The van der Waals surface area contributed by atoms with Crippen LogP contribution in [0.25, 0.3) is 0 Å². The summed E-state index contributed by atoms with van der Waals surface area (Å²) in [4.78, 5) is 31.6. The van der Waals surface area contributed by atoms with E-state index in [0.29, 0.717) is 22.0 Å². The number of phenols is 1. The molecule has 218 valence electrons. The Labute approximate surface area is 240 Å². The van der Waals surface area contributed by atoms with Gasteiger partial charge in [0.2, 0.25) is 5.91 Å². The maximum Gasteiger partial charge on any atom is 0.316 e. The fourth-order valence-electron chi connectivity index (χ4n) is 4.40. The van der Waals surface area contributed by atoms with E-state index in [1.807, 2.05) is 34.6 Å². The number of ether oxygens (including phenoxy) is 1. The molecule has 3 atom stereocenters. The first-order chi connectivity index (χ1) is 17.9. The highest BCUT2D eigenvalue weighted by molar-refractivity contribution is 7.80. The van der Waals surface area contributed by atoms with Crippen molar-refractivity contribution in [2.24, 2.45) is 16.3 Å². The van der Waals surface area contributed by atoms with E-state index in [2.05, 4.69) is 10.6 Å². The molecule has 1 saturated carbocycles. The highest BCUT2D eigenvalue weighted by atomic mass is 32.1. The number of benzene rings is 1. The molecule has 3 N–H and O–H groups in total. The Bertz CT molecular complexity index is 1070. The van der Waals surface area contributed by atoms with Crippen LogP contribution in [0.15, 0.2) is 17.1 Å². The quantitative estimate of drug-likeness (QED) is 0.188. The van der Waals surface area contributed by atoms with Gasteiger partial charge in [0.25, 0.3) is 0 Å². The fourth-order valence-corrected chi connectivity index (χ4v) is 4.67. The van der Waals surface area contributed by atoms with E-state index < -0.39 is 11.5 Å². The van der Waals surface area contributed by atoms with Crippen molar-refractivity contribution in [3.63, 3.8) is 0 Å². The van der Waals surface area contributed by atoms with Crippen molar-refractivity contribution in [2.45, 2.75) is 105 Å². The minimum Gasteiger partial charge on any atom is -0.507 e. The van der Waals surface area contributed by atoms with Gasteiger partial charge in [-0.2, -0.15) is 0 Å². The molecule has 0 radical (unpaired) electrons. The van der Waals surface area contributed by atoms with Gasteiger partial charge in [-0.05, 0) is 69.3 Å². The van der Waals surface area contributed by atoms with Gasteiger partial charge in [0.1, 0.15) is 17.5 Å². The van der Waals surface area contributed by atoms with Crippen LogP contribution in [0.3, 0.4) is 0 Å². The Hall–Kier alpha value is -2.68. The summed E-state index contributed by atoms with van der Waals surface area (Å²) in [6, 6.07) is 2.89. The van der Waals surface area contributed by atoms with Gasteiger partial charge in [0.15, 0.2) is 5.11 Å². The molecule has 0 unspecified atom stereocenters. The molecule has 8 nitrogen and oxygen atoms in total. The first-order valence-electron chi connectivity index (χ1n) is 13.8. The van der Waals surface area contributed by atoms with Crippen molar-refractivity contribution in [2.75, 3.05) is 14.1 Å². The number of phenolic OH excluding ortho intramolecular Hbond substituents is 1. The lowest BCUT2D eigenvalue weighted by atomic mass is 9.85. The standard InChI is InChI=1S/C30H48N4O4S/c1-18(2)24(26(36)34(9)10)33-28(39)32-23-14-12-11-13-22(23)31-17-19-15-20(38-27(37)30(6,7)8)16-21(25(19)35)29(3,4)5/h15-18,22-24,35H,11-14H2,1-10H3,(H2,32,33,39)/t22-,23+,24-/m1/s1. The van der Waals surface area contributed by atoms with Gasteiger partial charge in [0, 0.05) is 31.4 Å². The molecular formula is C30H48N4O4S. The molecule has 0 aliphatic heterocycles. The number of hydrogen-bond donors (Lipinski definition) is 3. The third-order valence-electron chi connectivity index (χ3n) is 6.86. The van der Waals surface area contributed by atoms with Gasteiger partial charge in [0.05, 0.1) is 17.5 Å². The number of likely N-dealkylation sites (N-methyl/N-ethyl adjacent to an activating group) is 1. The SMILES string of the molecule is CC(C)[C@@H](NC(=S)N[C@H]1CCCC[C@H]1N=Cc1cc(OC(=O)C(C)(C)C)cc(C(C)(C)C)c1O)C(=O)N(C)C. The third-order valence-corrected chi connectivity index (χ3v) is 7.09. The molecule has 1 aromatic rings. The van der Waals surface area contributed by atoms with Crippen LogP contribution >= 0.6 is 12.2 Å². The van der Waals surface area contributed by atoms with Crippen LogP contribution in [-0.4, -0.2) is 65.4 Å². The molecule has 0 aromatic heterocycles. The molecular weight excluding hydrogens is 512 g/mol. The summed E-state index contributed by atoms with van der Waals surface area (Å²) in [6.07, 6.45) is 5.52. The van der Waals surface area contributed by atoms with Crippen LogP contribution in [0.1, 0.15) is 92.2 Å². The Kier molecular flexibility index (Phi) is 10.9. The predicted molar refractivity (Wildman–Crippen MR) is 162 cm³/mol. The minimum atomic E-state index is -0.660. The topological polar surface area (TPSA) is 103 Å². The summed E-state index contributed by atoms with van der Waals surface area (Å²) in [5, 5.41) is 18.1. The van der Waals surface area contributed by atoms with E-state index in [-0.39, 0.29) is 41.0 Å². The summed E-state index contributed by atoms with van der Waals surface area (Å²) in [7, 11) is 3.47. The Morgan fingerprint density at radius 2 is 1.74 bits per heavy atom. The second-order valence-corrected chi connectivity index (χ2v) is 13.5. The van der Waals surface area contributed by atoms with Gasteiger partial charge in [-0.25, -0.2) is 0 Å². The summed E-state index contributed by atoms with van der Waals surface area (Å²) >= 11 is 5.60. The lowest BCUT2D eigenvalue weighted by molar-refractivity contribution is -0.143. The lowest BCUT2D eigenvalue weighted by Gasteiger charge is -2.32. The maximum absolute atomic E-state index is 12.6. The van der Waals surface area contributed by atoms with Gasteiger partial charge in [-0.3, -0.25) is 14.6 Å². The smallest absolute Gasteiger partial charge is 0.316 e. The van der Waals surface area contributed by atoms with Crippen molar-refractivity contribution >= 4 is 35.4 Å². The number of amides is 1. The molecule has 0 spiro atoms. The van der Waals surface area contributed by atoms with Crippen LogP contribution in [-0.2, 0) is 15.0 Å². The van der Waals surface area contributed by atoms with E-state index in [4.69, 9.17) is 21.9 Å². The van der Waals surface area contributed by atoms with Crippen molar-refractivity contribution in [3.8, 4) is 11.5 Å². The predicted octanol–water partition coefficient (Wildman–Crippen LogP) is 4.95. The normalized spacial score (nSPS) is 19.1. The Morgan fingerprint density at radius 1 is 1.13 bits per heavy atom. The number of nitrogens with one attached hydrogen (secondary N) is 2. The number of esters is 1. The van der Waals surface area contributed by atoms with Gasteiger partial charge >= 0.3 is 5.97 Å². The number of carbonyl (C=O) groups excluding carboxylic acids is 2. The van der Waals surface area contributed by atoms with Crippen LogP contribution in [0.4, 0.5) is 0 Å². The molecule has 9 heteroatoms. The fraction of sp³-hybridized carbons (Fsp3) is 0.667. The Balaban J connectivity index is 2.30. The highest BCUT2D eigenvalue weighted by Gasteiger charge is 2.29. The number of hydrogen-bond acceptors (Lipinski definition) is 6. The molecule has 0 heterocycles. The van der Waals surface area contributed by atoms with E-state index >= 15 is 0 Å². The van der Waals surface area contributed by atoms with E-state index in [1.54, 1.807) is 58.1 Å². The van der Waals surface area contributed by atoms with E-state index in [1.165, 1.54) is 0 Å². The molecule has 39 heavy (non-hydrogen) atoms. The average molecular weight is 561 g/mol. The van der Waals surface area contributed by atoms with Crippen molar-refractivity contribution < 1.29 is 19.4 Å². The van der Waals surface area contributed by atoms with Gasteiger partial charge in [-0.1, -0.05) is 47.5 Å². The number of nitrogens with zero attached hydrogens (tertiary/aromatic N) is 2. The summed E-state index contributed by atoms with van der Waals surface area (Å²) in [6.45, 7) is 15.4. The van der Waals surface area contributed by atoms with Crippen LogP contribution < -0.4 is 15.4 Å². The zero-order valence-electron chi connectivity index (χ0n) is 25.3. The summed E-state index contributed by atoms with van der Waals surface area (Å²) < 4.78 is 5.69. The molecule has 1 aromatic carbocycles. The van der Waals surface area contributed by atoms with E-state index in [9.17, 15) is 14.7 Å². The second-order valence-electron chi connectivity index (χ2n) is 13.1. The molecule has 0 bridgehead atoms. The third kappa shape index (κ3) is 9.19. The molecule has 2 rings (SSSR count). The zero-order chi connectivity index (χ0) is 29.7. The molecule has 1 fully saturated rings. The number of aliphatic imine (C=N–C) groups is 1. The number of carbonyl (C=O) groups is 2. The van der Waals surface area contributed by atoms with Gasteiger partial charge in [-0.15, -0.1) is 0 Å². The Morgan fingerprint density at radius 3 is 2.28 bits per heavy atom. The number of thiocarbonyl (C=S) groups is 1. The number of rotatable bonds is 7. The summed E-state index contributed by atoms with van der Waals surface area (Å²) in [5.74, 6) is 0.208. The minimum absolute atomic E-state index is 0.0107. The number of aromatic hydroxyl groups is 1. The van der Waals surface area contributed by atoms with Crippen LogP contribution in [0, 0.1) is 11.3 Å². The molecule has 1 aliphatic rings. The monoisotopic (exact) mass is 560 g/mol. The maximum atomic E-state index is 12.6. The van der Waals surface area contributed by atoms with Crippen molar-refractivity contribution in [1.29, 1.82) is 0 Å². The van der Waals surface area contributed by atoms with Crippen LogP contribution in [0.5, 0.6) is 11.5 Å². The molecule has 1 amide bonds. The van der Waals surface area contributed by atoms with Crippen molar-refractivity contribution in [3.05, 3.63) is 23.3 Å². The molecule has 1 aliphatic carbocycles. The zero-order valence-corrected chi connectivity index (χ0v) is 26.2.